The molecule has 2 rings (SSSR count). The topological polar surface area (TPSA) is 87.3 Å². The average molecular weight is 347 g/mol. The highest BCUT2D eigenvalue weighted by Gasteiger charge is 2.06. The van der Waals surface area contributed by atoms with E-state index in [-0.39, 0.29) is 5.91 Å². The Morgan fingerprint density at radius 3 is 2.25 bits per heavy atom. The highest BCUT2D eigenvalue weighted by atomic mass is 32.2. The predicted octanol–water partition coefficient (Wildman–Crippen LogP) is 1.58. The number of anilines is 1. The Bertz CT molecular complexity index is 759. The van der Waals surface area contributed by atoms with E-state index in [1.165, 1.54) is 5.56 Å². The second kappa shape index (κ2) is 8.47. The summed E-state index contributed by atoms with van der Waals surface area (Å²) in [5, 5.41) is 6.06. The van der Waals surface area contributed by atoms with Crippen LogP contribution in [0.3, 0.4) is 0 Å². The van der Waals surface area contributed by atoms with E-state index >= 15 is 0 Å². The average Bonchev–Trinajstić information content (AvgIpc) is 2.54. The number of benzene rings is 2. The van der Waals surface area contributed by atoms with Gasteiger partial charge in [-0.1, -0.05) is 30.3 Å². The smallest absolute Gasteiger partial charge is 0.251 e. The van der Waals surface area contributed by atoms with Crippen LogP contribution in [0.2, 0.25) is 0 Å². The van der Waals surface area contributed by atoms with Crippen LogP contribution in [-0.4, -0.2) is 33.7 Å². The lowest BCUT2D eigenvalue weighted by molar-refractivity contribution is 0.0954. The van der Waals surface area contributed by atoms with Gasteiger partial charge in [0.05, 0.1) is 6.26 Å². The van der Waals surface area contributed by atoms with Gasteiger partial charge in [0.25, 0.3) is 5.91 Å². The van der Waals surface area contributed by atoms with Gasteiger partial charge in [-0.3, -0.25) is 9.52 Å². The molecule has 0 bridgehead atoms. The minimum absolute atomic E-state index is 0.192. The molecule has 0 aromatic heterocycles. The molecule has 7 heteroatoms. The summed E-state index contributed by atoms with van der Waals surface area (Å²) in [4.78, 5) is 12.0. The van der Waals surface area contributed by atoms with Gasteiger partial charge in [0.1, 0.15) is 0 Å². The monoisotopic (exact) mass is 347 g/mol. The summed E-state index contributed by atoms with van der Waals surface area (Å²) in [5.74, 6) is -0.192. The molecule has 0 atom stereocenters. The van der Waals surface area contributed by atoms with E-state index in [9.17, 15) is 13.2 Å². The zero-order valence-electron chi connectivity index (χ0n) is 13.5. The lowest BCUT2D eigenvalue weighted by atomic mass is 10.2. The van der Waals surface area contributed by atoms with E-state index in [0.29, 0.717) is 24.3 Å². The lowest BCUT2D eigenvalue weighted by Gasteiger charge is -2.08. The van der Waals surface area contributed by atoms with Gasteiger partial charge >= 0.3 is 0 Å². The first-order valence-corrected chi connectivity index (χ1v) is 9.44. The third-order valence-electron chi connectivity index (χ3n) is 3.21. The van der Waals surface area contributed by atoms with Crippen molar-refractivity contribution in [2.75, 3.05) is 24.1 Å². The van der Waals surface area contributed by atoms with Crippen molar-refractivity contribution in [3.8, 4) is 0 Å². The van der Waals surface area contributed by atoms with Crippen LogP contribution in [-0.2, 0) is 16.6 Å². The van der Waals surface area contributed by atoms with Gasteiger partial charge in [-0.2, -0.15) is 0 Å². The highest BCUT2D eigenvalue weighted by molar-refractivity contribution is 7.92. The molecule has 2 aromatic carbocycles. The number of carbonyl (C=O) groups is 1. The SMILES string of the molecule is CS(=O)(=O)Nc1ccc(C(=O)NCCNCc2ccccc2)cc1. The third-order valence-corrected chi connectivity index (χ3v) is 3.82. The zero-order valence-corrected chi connectivity index (χ0v) is 14.3. The molecule has 6 nitrogen and oxygen atoms in total. The van der Waals surface area contributed by atoms with E-state index in [1.807, 2.05) is 30.3 Å². The van der Waals surface area contributed by atoms with E-state index in [1.54, 1.807) is 24.3 Å². The van der Waals surface area contributed by atoms with Gasteiger partial charge in [-0.25, -0.2) is 8.42 Å². The zero-order chi connectivity index (χ0) is 17.4. The second-order valence-electron chi connectivity index (χ2n) is 5.37. The molecule has 0 aliphatic carbocycles. The second-order valence-corrected chi connectivity index (χ2v) is 7.12. The summed E-state index contributed by atoms with van der Waals surface area (Å²) in [6.45, 7) is 1.92. The Balaban J connectivity index is 1.72. The summed E-state index contributed by atoms with van der Waals surface area (Å²) in [5.41, 5.74) is 2.11. The molecule has 0 saturated heterocycles. The number of nitrogens with one attached hydrogen (secondary N) is 3. The molecule has 0 aliphatic heterocycles. The predicted molar refractivity (Wildman–Crippen MR) is 95.4 cm³/mol. The van der Waals surface area contributed by atoms with E-state index < -0.39 is 10.0 Å². The fraction of sp³-hybridized carbons (Fsp3) is 0.235. The lowest BCUT2D eigenvalue weighted by Crippen LogP contribution is -2.31. The van der Waals surface area contributed by atoms with Crippen molar-refractivity contribution in [1.82, 2.24) is 10.6 Å². The van der Waals surface area contributed by atoms with Crippen LogP contribution in [0.4, 0.5) is 5.69 Å². The Morgan fingerprint density at radius 1 is 0.958 bits per heavy atom. The van der Waals surface area contributed by atoms with Gasteiger partial charge in [0.2, 0.25) is 10.0 Å². The fourth-order valence-electron chi connectivity index (χ4n) is 2.10. The molecule has 0 radical (unpaired) electrons. The molecule has 0 fully saturated rings. The molecule has 2 aromatic rings. The van der Waals surface area contributed by atoms with Crippen molar-refractivity contribution in [3.63, 3.8) is 0 Å². The van der Waals surface area contributed by atoms with Crippen molar-refractivity contribution < 1.29 is 13.2 Å². The van der Waals surface area contributed by atoms with Crippen molar-refractivity contribution in [3.05, 3.63) is 65.7 Å². The minimum Gasteiger partial charge on any atom is -0.351 e. The maximum absolute atomic E-state index is 12.0. The van der Waals surface area contributed by atoms with Crippen LogP contribution in [0.15, 0.2) is 54.6 Å². The van der Waals surface area contributed by atoms with Crippen LogP contribution in [0.5, 0.6) is 0 Å². The number of carbonyl (C=O) groups excluding carboxylic acids is 1. The molecule has 0 spiro atoms. The molecule has 3 N–H and O–H groups in total. The van der Waals surface area contributed by atoms with Crippen LogP contribution < -0.4 is 15.4 Å². The highest BCUT2D eigenvalue weighted by Crippen LogP contribution is 2.10. The molecular weight excluding hydrogens is 326 g/mol. The maximum atomic E-state index is 12.0. The van der Waals surface area contributed by atoms with Crippen molar-refractivity contribution in [2.45, 2.75) is 6.54 Å². The standard InChI is InChI=1S/C17H21N3O3S/c1-24(22,23)20-16-9-7-15(8-10-16)17(21)19-12-11-18-13-14-5-3-2-4-6-14/h2-10,18,20H,11-13H2,1H3,(H,19,21). The largest absolute Gasteiger partial charge is 0.351 e. The molecule has 0 heterocycles. The molecule has 128 valence electrons. The van der Waals surface area contributed by atoms with Crippen LogP contribution in [0.1, 0.15) is 15.9 Å². The quantitative estimate of drug-likeness (QED) is 0.633. The Hall–Kier alpha value is -2.38. The van der Waals surface area contributed by atoms with Crippen molar-refractivity contribution >= 4 is 21.6 Å². The van der Waals surface area contributed by atoms with E-state index in [2.05, 4.69) is 15.4 Å². The first-order chi connectivity index (χ1) is 11.4. The molecule has 0 unspecified atom stereocenters. The summed E-state index contributed by atoms with van der Waals surface area (Å²) >= 11 is 0. The molecule has 0 aliphatic rings. The molecular formula is C17H21N3O3S. The summed E-state index contributed by atoms with van der Waals surface area (Å²) in [7, 11) is -3.31. The van der Waals surface area contributed by atoms with Gasteiger partial charge in [-0.05, 0) is 29.8 Å². The Morgan fingerprint density at radius 2 is 1.62 bits per heavy atom. The van der Waals surface area contributed by atoms with Crippen molar-refractivity contribution in [2.24, 2.45) is 0 Å². The van der Waals surface area contributed by atoms with Gasteiger partial charge in [-0.15, -0.1) is 0 Å². The van der Waals surface area contributed by atoms with Crippen LogP contribution in [0, 0.1) is 0 Å². The summed E-state index contributed by atoms with van der Waals surface area (Å²) in [6, 6.07) is 16.3. The Kier molecular flexibility index (Phi) is 6.34. The number of hydrogen-bond acceptors (Lipinski definition) is 4. The van der Waals surface area contributed by atoms with Gasteiger partial charge < -0.3 is 10.6 Å². The number of amides is 1. The number of sulfonamides is 1. The normalized spacial score (nSPS) is 11.0. The van der Waals surface area contributed by atoms with Gasteiger partial charge in [0, 0.05) is 30.9 Å². The van der Waals surface area contributed by atoms with Crippen LogP contribution >= 0.6 is 0 Å². The first-order valence-electron chi connectivity index (χ1n) is 7.55. The third kappa shape index (κ3) is 6.39. The molecule has 0 saturated carbocycles. The summed E-state index contributed by atoms with van der Waals surface area (Å²) < 4.78 is 24.6. The fourth-order valence-corrected chi connectivity index (χ4v) is 2.66. The Labute approximate surface area is 142 Å². The number of hydrogen-bond donors (Lipinski definition) is 3. The maximum Gasteiger partial charge on any atom is 0.251 e. The van der Waals surface area contributed by atoms with Gasteiger partial charge in [0.15, 0.2) is 0 Å². The van der Waals surface area contributed by atoms with Crippen LogP contribution in [0.25, 0.3) is 0 Å². The summed E-state index contributed by atoms with van der Waals surface area (Å²) in [6.07, 6.45) is 1.08. The minimum atomic E-state index is -3.31. The number of rotatable bonds is 8. The van der Waals surface area contributed by atoms with E-state index in [0.717, 1.165) is 12.8 Å². The first kappa shape index (κ1) is 18.0. The molecule has 24 heavy (non-hydrogen) atoms. The van der Waals surface area contributed by atoms with E-state index in [4.69, 9.17) is 0 Å². The van der Waals surface area contributed by atoms with Crippen molar-refractivity contribution in [1.29, 1.82) is 0 Å². The molecule has 1 amide bonds.